The summed E-state index contributed by atoms with van der Waals surface area (Å²) in [5.74, 6) is 2.07. The minimum Gasteiger partial charge on any atom is -0.493 e. The molecule has 0 amide bonds. The summed E-state index contributed by atoms with van der Waals surface area (Å²) in [6.07, 6.45) is 2.69. The molecule has 0 fully saturated rings. The molecule has 1 N–H and O–H groups in total. The van der Waals surface area contributed by atoms with Crippen molar-refractivity contribution in [1.29, 1.82) is 0 Å². The Morgan fingerprint density at radius 1 is 1.26 bits per heavy atom. The van der Waals surface area contributed by atoms with Crippen molar-refractivity contribution in [3.05, 3.63) is 36.4 Å². The predicted molar refractivity (Wildman–Crippen MR) is 95.1 cm³/mol. The van der Waals surface area contributed by atoms with Gasteiger partial charge < -0.3 is 14.6 Å². The van der Waals surface area contributed by atoms with Gasteiger partial charge in [0.15, 0.2) is 11.5 Å². The zero-order chi connectivity index (χ0) is 17.5. The van der Waals surface area contributed by atoms with Gasteiger partial charge >= 0.3 is 0 Å². The van der Waals surface area contributed by atoms with Crippen molar-refractivity contribution in [2.24, 2.45) is 5.92 Å². The van der Waals surface area contributed by atoms with Crippen LogP contribution in [0.15, 0.2) is 30.9 Å². The van der Waals surface area contributed by atoms with E-state index >= 15 is 0 Å². The van der Waals surface area contributed by atoms with Crippen LogP contribution in [0.4, 0.5) is 0 Å². The van der Waals surface area contributed by atoms with Crippen LogP contribution in [0, 0.1) is 5.92 Å². The summed E-state index contributed by atoms with van der Waals surface area (Å²) in [5, 5.41) is 10.3. The Labute approximate surface area is 140 Å². The van der Waals surface area contributed by atoms with Crippen LogP contribution in [0.5, 0.6) is 11.5 Å². The largest absolute Gasteiger partial charge is 0.493 e. The Balaban J connectivity index is 2.88. The van der Waals surface area contributed by atoms with Gasteiger partial charge in [0, 0.05) is 13.1 Å². The fraction of sp³-hybridized carbons (Fsp3) is 0.579. The average molecular weight is 321 g/mol. The number of aliphatic hydroxyl groups is 1. The third-order valence-electron chi connectivity index (χ3n) is 3.86. The van der Waals surface area contributed by atoms with E-state index in [9.17, 15) is 5.11 Å². The summed E-state index contributed by atoms with van der Waals surface area (Å²) in [6, 6.07) is 5.94. The van der Waals surface area contributed by atoms with E-state index in [0.717, 1.165) is 36.6 Å². The third-order valence-corrected chi connectivity index (χ3v) is 3.86. The lowest BCUT2D eigenvalue weighted by Crippen LogP contribution is -2.39. The van der Waals surface area contributed by atoms with Crippen LogP contribution >= 0.6 is 0 Å². The van der Waals surface area contributed by atoms with Gasteiger partial charge in [-0.15, -0.1) is 6.58 Å². The van der Waals surface area contributed by atoms with Gasteiger partial charge in [-0.05, 0) is 43.5 Å². The van der Waals surface area contributed by atoms with E-state index in [-0.39, 0.29) is 0 Å². The van der Waals surface area contributed by atoms with E-state index in [1.807, 2.05) is 18.2 Å². The minimum absolute atomic E-state index is 0.553. The SMILES string of the molecule is C=C[C@@](C)(O)CN(CCC(C)C)Cc1ccc(OC)c(OC)c1. The van der Waals surface area contributed by atoms with Crippen molar-refractivity contribution in [1.82, 2.24) is 4.90 Å². The zero-order valence-corrected chi connectivity index (χ0v) is 15.1. The first-order valence-corrected chi connectivity index (χ1v) is 8.10. The molecule has 0 unspecified atom stereocenters. The molecule has 23 heavy (non-hydrogen) atoms. The number of hydrogen-bond acceptors (Lipinski definition) is 4. The van der Waals surface area contributed by atoms with E-state index in [2.05, 4.69) is 25.3 Å². The lowest BCUT2D eigenvalue weighted by molar-refractivity contribution is 0.0568. The quantitative estimate of drug-likeness (QED) is 0.670. The molecular weight excluding hydrogens is 290 g/mol. The predicted octanol–water partition coefficient (Wildman–Crippen LogP) is 3.49. The van der Waals surface area contributed by atoms with Crippen LogP contribution in [0.3, 0.4) is 0 Å². The molecule has 0 radical (unpaired) electrons. The van der Waals surface area contributed by atoms with Crippen LogP contribution in [-0.4, -0.2) is 42.9 Å². The molecule has 130 valence electrons. The number of benzene rings is 1. The highest BCUT2D eigenvalue weighted by Gasteiger charge is 2.21. The van der Waals surface area contributed by atoms with Gasteiger partial charge in [0.25, 0.3) is 0 Å². The van der Waals surface area contributed by atoms with Gasteiger partial charge in [-0.3, -0.25) is 4.90 Å². The standard InChI is InChI=1S/C19H31NO3/c1-7-19(4,21)14-20(11-10-15(2)3)13-16-8-9-17(22-5)18(12-16)23-6/h7-9,12,15,21H,1,10-11,13-14H2,2-6H3/t19-/m1/s1. The van der Waals surface area contributed by atoms with Crippen LogP contribution in [0.25, 0.3) is 0 Å². The second kappa shape index (κ2) is 8.94. The third kappa shape index (κ3) is 6.63. The number of nitrogens with zero attached hydrogens (tertiary/aromatic N) is 1. The molecule has 0 aliphatic carbocycles. The van der Waals surface area contributed by atoms with E-state index in [4.69, 9.17) is 9.47 Å². The van der Waals surface area contributed by atoms with Gasteiger partial charge in [-0.25, -0.2) is 0 Å². The second-order valence-electron chi connectivity index (χ2n) is 6.64. The maximum atomic E-state index is 10.3. The maximum absolute atomic E-state index is 10.3. The Hall–Kier alpha value is -1.52. The average Bonchev–Trinajstić information content (AvgIpc) is 2.52. The number of hydrogen-bond donors (Lipinski definition) is 1. The maximum Gasteiger partial charge on any atom is 0.161 e. The molecule has 0 bridgehead atoms. The number of methoxy groups -OCH3 is 2. The molecule has 0 aliphatic rings. The summed E-state index contributed by atoms with van der Waals surface area (Å²) in [5.41, 5.74) is 0.236. The first-order valence-electron chi connectivity index (χ1n) is 8.10. The molecule has 0 aromatic heterocycles. The highest BCUT2D eigenvalue weighted by molar-refractivity contribution is 5.42. The van der Waals surface area contributed by atoms with E-state index < -0.39 is 5.60 Å². The summed E-state index contributed by atoms with van der Waals surface area (Å²) >= 11 is 0. The first-order chi connectivity index (χ1) is 10.8. The van der Waals surface area contributed by atoms with Crippen molar-refractivity contribution in [2.45, 2.75) is 39.3 Å². The molecule has 4 heteroatoms. The molecule has 0 aliphatic heterocycles. The van der Waals surface area contributed by atoms with Crippen molar-refractivity contribution in [2.75, 3.05) is 27.3 Å². The second-order valence-corrected chi connectivity index (χ2v) is 6.64. The van der Waals surface area contributed by atoms with Gasteiger partial charge in [0.05, 0.1) is 19.8 Å². The lowest BCUT2D eigenvalue weighted by atomic mass is 10.0. The van der Waals surface area contributed by atoms with Gasteiger partial charge in [0.1, 0.15) is 0 Å². The smallest absolute Gasteiger partial charge is 0.161 e. The van der Waals surface area contributed by atoms with Crippen LogP contribution < -0.4 is 9.47 Å². The van der Waals surface area contributed by atoms with Crippen LogP contribution in [0.1, 0.15) is 32.8 Å². The number of rotatable bonds is 10. The molecule has 4 nitrogen and oxygen atoms in total. The molecular formula is C19H31NO3. The highest BCUT2D eigenvalue weighted by atomic mass is 16.5. The molecule has 0 saturated heterocycles. The Kier molecular flexibility index (Phi) is 7.59. The van der Waals surface area contributed by atoms with Crippen molar-refractivity contribution in [3.8, 4) is 11.5 Å². The minimum atomic E-state index is -0.895. The highest BCUT2D eigenvalue weighted by Crippen LogP contribution is 2.28. The Morgan fingerprint density at radius 3 is 2.43 bits per heavy atom. The monoisotopic (exact) mass is 321 g/mol. The summed E-state index contributed by atoms with van der Waals surface area (Å²) in [7, 11) is 3.27. The summed E-state index contributed by atoms with van der Waals surface area (Å²) in [6.45, 7) is 12.2. The molecule has 1 aromatic rings. The van der Waals surface area contributed by atoms with Gasteiger partial charge in [-0.2, -0.15) is 0 Å². The molecule has 0 saturated carbocycles. The van der Waals surface area contributed by atoms with Gasteiger partial charge in [-0.1, -0.05) is 26.0 Å². The summed E-state index contributed by atoms with van der Waals surface area (Å²) < 4.78 is 10.7. The van der Waals surface area contributed by atoms with Crippen molar-refractivity contribution >= 4 is 0 Å². The topological polar surface area (TPSA) is 41.9 Å². The van der Waals surface area contributed by atoms with Crippen molar-refractivity contribution in [3.63, 3.8) is 0 Å². The molecule has 1 aromatic carbocycles. The van der Waals surface area contributed by atoms with Gasteiger partial charge in [0.2, 0.25) is 0 Å². The lowest BCUT2D eigenvalue weighted by Gasteiger charge is -2.30. The van der Waals surface area contributed by atoms with E-state index in [1.54, 1.807) is 27.2 Å². The first kappa shape index (κ1) is 19.5. The zero-order valence-electron chi connectivity index (χ0n) is 15.1. The molecule has 1 atom stereocenters. The molecule has 0 heterocycles. The molecule has 1 rings (SSSR count). The van der Waals surface area contributed by atoms with E-state index in [0.29, 0.717) is 12.5 Å². The van der Waals surface area contributed by atoms with Crippen LogP contribution in [0.2, 0.25) is 0 Å². The fourth-order valence-electron chi connectivity index (χ4n) is 2.41. The van der Waals surface area contributed by atoms with Crippen LogP contribution in [-0.2, 0) is 6.54 Å². The molecule has 0 spiro atoms. The Morgan fingerprint density at radius 2 is 1.91 bits per heavy atom. The number of ether oxygens (including phenoxy) is 2. The summed E-state index contributed by atoms with van der Waals surface area (Å²) in [4.78, 5) is 2.25. The normalized spacial score (nSPS) is 13.9. The van der Waals surface area contributed by atoms with E-state index in [1.165, 1.54) is 0 Å². The fourth-order valence-corrected chi connectivity index (χ4v) is 2.41. The Bertz CT molecular complexity index is 497. The van der Waals surface area contributed by atoms with Crippen molar-refractivity contribution < 1.29 is 14.6 Å².